The third-order valence-electron chi connectivity index (χ3n) is 3.22. The van der Waals surface area contributed by atoms with Crippen LogP contribution in [0.3, 0.4) is 0 Å². The Kier molecular flexibility index (Phi) is 3.24. The molecule has 0 saturated heterocycles. The van der Waals surface area contributed by atoms with Crippen molar-refractivity contribution in [2.45, 2.75) is 32.6 Å². The molecule has 1 aliphatic heterocycles. The first-order valence-corrected chi connectivity index (χ1v) is 6.17. The fraction of sp³-hybridized carbons (Fsp3) is 0.467. The molecule has 2 rings (SSSR count). The molecule has 0 unspecified atom stereocenters. The second-order valence-electron chi connectivity index (χ2n) is 5.64. The number of rotatable bonds is 0. The van der Waals surface area contributed by atoms with Gasteiger partial charge in [-0.15, -0.1) is 0 Å². The minimum Gasteiger partial charge on any atom is -0.487 e. The van der Waals surface area contributed by atoms with Gasteiger partial charge in [0.05, 0.1) is 17.7 Å². The molecule has 3 nitrogen and oxygen atoms in total. The summed E-state index contributed by atoms with van der Waals surface area (Å²) in [6.45, 7) is 6.84. The van der Waals surface area contributed by atoms with E-state index in [1.54, 1.807) is 7.05 Å². The van der Waals surface area contributed by atoms with Crippen molar-refractivity contribution in [3.05, 3.63) is 29.3 Å². The number of ether oxygens (including phenoxy) is 1. The zero-order valence-corrected chi connectivity index (χ0v) is 11.4. The molecule has 96 valence electrons. The highest BCUT2D eigenvalue weighted by molar-refractivity contribution is 6.12. The Morgan fingerprint density at radius 2 is 2.00 bits per heavy atom. The largest absolute Gasteiger partial charge is 0.487 e. The van der Waals surface area contributed by atoms with Crippen molar-refractivity contribution >= 4 is 11.5 Å². The van der Waals surface area contributed by atoms with E-state index in [1.165, 1.54) is 5.56 Å². The molecule has 0 fully saturated rings. The first-order valence-electron chi connectivity index (χ1n) is 6.17. The lowest BCUT2D eigenvalue weighted by molar-refractivity contribution is 0.100. The van der Waals surface area contributed by atoms with E-state index in [4.69, 9.17) is 4.74 Å². The molecule has 0 aliphatic carbocycles. The first-order chi connectivity index (χ1) is 8.41. The highest BCUT2D eigenvalue weighted by atomic mass is 16.5. The van der Waals surface area contributed by atoms with Crippen LogP contribution in [0.4, 0.5) is 0 Å². The fourth-order valence-electron chi connectivity index (χ4n) is 1.97. The van der Waals surface area contributed by atoms with Crippen molar-refractivity contribution in [1.29, 1.82) is 0 Å². The van der Waals surface area contributed by atoms with Gasteiger partial charge in [0.2, 0.25) is 0 Å². The Morgan fingerprint density at radius 3 is 2.61 bits per heavy atom. The summed E-state index contributed by atoms with van der Waals surface area (Å²) in [5.74, 6) is 0.773. The molecule has 1 aliphatic rings. The summed E-state index contributed by atoms with van der Waals surface area (Å²) in [5, 5.41) is 0. The molecule has 3 heteroatoms. The van der Waals surface area contributed by atoms with Gasteiger partial charge in [0.25, 0.3) is 0 Å². The molecule has 0 N–H and O–H groups in total. The topological polar surface area (TPSA) is 38.7 Å². The van der Waals surface area contributed by atoms with Gasteiger partial charge in [-0.25, -0.2) is 0 Å². The summed E-state index contributed by atoms with van der Waals surface area (Å²) in [5.41, 5.74) is 2.69. The van der Waals surface area contributed by atoms with E-state index in [1.807, 2.05) is 18.2 Å². The predicted molar refractivity (Wildman–Crippen MR) is 72.9 cm³/mol. The third kappa shape index (κ3) is 2.45. The molecule has 1 heterocycles. The van der Waals surface area contributed by atoms with Crippen LogP contribution in [0, 0.1) is 0 Å². The normalized spacial score (nSPS) is 18.2. The Hall–Kier alpha value is -1.64. The number of benzene rings is 1. The zero-order valence-electron chi connectivity index (χ0n) is 11.4. The maximum atomic E-state index is 12.1. The van der Waals surface area contributed by atoms with Crippen molar-refractivity contribution < 1.29 is 9.53 Å². The van der Waals surface area contributed by atoms with Gasteiger partial charge in [0.15, 0.2) is 5.78 Å². The van der Waals surface area contributed by atoms with Gasteiger partial charge in [-0.3, -0.25) is 9.79 Å². The number of fused-ring (bicyclic) bond motifs is 1. The molecular weight excluding hydrogens is 226 g/mol. The summed E-state index contributed by atoms with van der Waals surface area (Å²) < 4.78 is 5.71. The highest BCUT2D eigenvalue weighted by Gasteiger charge is 2.22. The molecule has 0 radical (unpaired) electrons. The van der Waals surface area contributed by atoms with Crippen LogP contribution < -0.4 is 4.74 Å². The Bertz CT molecular complexity index is 510. The van der Waals surface area contributed by atoms with Crippen LogP contribution in [-0.2, 0) is 5.41 Å². The molecule has 18 heavy (non-hydrogen) atoms. The Balaban J connectivity index is 2.44. The lowest BCUT2D eigenvalue weighted by Gasteiger charge is -2.20. The summed E-state index contributed by atoms with van der Waals surface area (Å²) >= 11 is 0. The second kappa shape index (κ2) is 4.56. The van der Waals surface area contributed by atoms with E-state index in [-0.39, 0.29) is 11.2 Å². The van der Waals surface area contributed by atoms with Crippen LogP contribution >= 0.6 is 0 Å². The van der Waals surface area contributed by atoms with E-state index in [2.05, 4.69) is 25.8 Å². The van der Waals surface area contributed by atoms with Gasteiger partial charge >= 0.3 is 0 Å². The summed E-state index contributed by atoms with van der Waals surface area (Å²) in [6, 6.07) is 5.86. The molecule has 1 aromatic carbocycles. The number of carbonyl (C=O) groups is 1. The number of nitrogens with zero attached hydrogens (tertiary/aromatic N) is 1. The molecule has 0 saturated carbocycles. The van der Waals surface area contributed by atoms with Crippen LogP contribution in [0.5, 0.6) is 5.75 Å². The number of hydrogen-bond acceptors (Lipinski definition) is 3. The SMILES string of the molecule is CN=C1COc2cc(C(C)(C)C)ccc2C(=O)C1. The average molecular weight is 245 g/mol. The molecule has 0 aromatic heterocycles. The maximum absolute atomic E-state index is 12.1. The zero-order chi connectivity index (χ0) is 13.3. The van der Waals surface area contributed by atoms with Crippen LogP contribution in [0.1, 0.15) is 43.1 Å². The van der Waals surface area contributed by atoms with Crippen molar-refractivity contribution in [3.63, 3.8) is 0 Å². The molecular formula is C15H19NO2. The van der Waals surface area contributed by atoms with E-state index in [0.717, 1.165) is 5.71 Å². The standard InChI is InChI=1S/C15H19NO2/c1-15(2,3)10-5-6-12-13(17)8-11(16-4)9-18-14(12)7-10/h5-7H,8-9H2,1-4H3. The highest BCUT2D eigenvalue weighted by Crippen LogP contribution is 2.30. The fourth-order valence-corrected chi connectivity index (χ4v) is 1.97. The van der Waals surface area contributed by atoms with Crippen LogP contribution in [0.2, 0.25) is 0 Å². The van der Waals surface area contributed by atoms with Gasteiger partial charge in [0.1, 0.15) is 12.4 Å². The minimum absolute atomic E-state index is 0.0510. The Morgan fingerprint density at radius 1 is 1.28 bits per heavy atom. The van der Waals surface area contributed by atoms with Gasteiger partial charge in [-0.1, -0.05) is 26.8 Å². The molecule has 1 aromatic rings. The molecule has 0 bridgehead atoms. The average Bonchev–Trinajstić information content (AvgIpc) is 2.47. The second-order valence-corrected chi connectivity index (χ2v) is 5.64. The minimum atomic E-state index is 0.0510. The van der Waals surface area contributed by atoms with E-state index in [9.17, 15) is 4.79 Å². The summed E-state index contributed by atoms with van der Waals surface area (Å²) in [4.78, 5) is 16.2. The number of hydrogen-bond donors (Lipinski definition) is 0. The summed E-state index contributed by atoms with van der Waals surface area (Å²) in [6.07, 6.45) is 0.359. The molecule has 0 spiro atoms. The smallest absolute Gasteiger partial charge is 0.172 e. The van der Waals surface area contributed by atoms with Crippen LogP contribution in [-0.4, -0.2) is 25.1 Å². The Labute approximate surface area is 108 Å². The van der Waals surface area contributed by atoms with Gasteiger partial charge < -0.3 is 4.74 Å². The first kappa shape index (κ1) is 12.8. The van der Waals surface area contributed by atoms with Gasteiger partial charge in [-0.2, -0.15) is 0 Å². The maximum Gasteiger partial charge on any atom is 0.172 e. The van der Waals surface area contributed by atoms with Crippen LogP contribution in [0.25, 0.3) is 0 Å². The lowest BCUT2D eigenvalue weighted by Crippen LogP contribution is -2.12. The van der Waals surface area contributed by atoms with Crippen LogP contribution in [0.15, 0.2) is 23.2 Å². The van der Waals surface area contributed by atoms with E-state index >= 15 is 0 Å². The van der Waals surface area contributed by atoms with E-state index in [0.29, 0.717) is 24.3 Å². The monoisotopic (exact) mass is 245 g/mol. The third-order valence-corrected chi connectivity index (χ3v) is 3.22. The lowest BCUT2D eigenvalue weighted by atomic mass is 9.86. The molecule has 0 atom stereocenters. The number of aliphatic imine (C=N–C) groups is 1. The summed E-state index contributed by atoms with van der Waals surface area (Å²) in [7, 11) is 1.70. The van der Waals surface area contributed by atoms with Gasteiger partial charge in [0, 0.05) is 7.05 Å². The van der Waals surface area contributed by atoms with Crippen molar-refractivity contribution in [2.75, 3.05) is 13.7 Å². The quantitative estimate of drug-likeness (QED) is 0.704. The number of ketones is 1. The van der Waals surface area contributed by atoms with E-state index < -0.39 is 0 Å². The van der Waals surface area contributed by atoms with Crippen molar-refractivity contribution in [1.82, 2.24) is 0 Å². The number of carbonyl (C=O) groups excluding carboxylic acids is 1. The molecule has 0 amide bonds. The predicted octanol–water partition coefficient (Wildman–Crippen LogP) is 3.02. The van der Waals surface area contributed by atoms with Gasteiger partial charge in [-0.05, 0) is 23.1 Å². The van der Waals surface area contributed by atoms with Crippen molar-refractivity contribution in [2.24, 2.45) is 4.99 Å². The number of Topliss-reactive ketones (excluding diaryl/α,β-unsaturated/α-hetero) is 1. The van der Waals surface area contributed by atoms with Crippen molar-refractivity contribution in [3.8, 4) is 5.75 Å².